The molecular weight excluding hydrogens is 280 g/mol. The Kier molecular flexibility index (Phi) is 5.57. The lowest BCUT2D eigenvalue weighted by Gasteiger charge is -2.23. The van der Waals surface area contributed by atoms with E-state index in [1.807, 2.05) is 23.9 Å². The number of hydrogen-bond acceptors (Lipinski definition) is 3. The number of carbonyl (C=O) groups is 1. The zero-order valence-corrected chi connectivity index (χ0v) is 14.1. The van der Waals surface area contributed by atoms with Crippen LogP contribution in [0.15, 0.2) is 18.2 Å². The van der Waals surface area contributed by atoms with Crippen molar-refractivity contribution in [2.45, 2.75) is 44.8 Å². The summed E-state index contributed by atoms with van der Waals surface area (Å²) in [5, 5.41) is 6.47. The summed E-state index contributed by atoms with van der Waals surface area (Å²) in [5.41, 5.74) is 2.86. The molecular formula is C17H26N2OS. The number of hydrogen-bond donors (Lipinski definition) is 2. The summed E-state index contributed by atoms with van der Waals surface area (Å²) in [7, 11) is 0. The number of nitrogens with one attached hydrogen (secondary N) is 2. The first-order chi connectivity index (χ1) is 10.0. The van der Waals surface area contributed by atoms with Gasteiger partial charge in [0.05, 0.1) is 5.56 Å². The van der Waals surface area contributed by atoms with Gasteiger partial charge in [0.2, 0.25) is 0 Å². The van der Waals surface area contributed by atoms with Crippen LogP contribution in [0.1, 0.15) is 49.0 Å². The van der Waals surface area contributed by atoms with Crippen LogP contribution in [-0.2, 0) is 0 Å². The van der Waals surface area contributed by atoms with Crippen LogP contribution in [0.2, 0.25) is 0 Å². The van der Waals surface area contributed by atoms with E-state index < -0.39 is 0 Å². The highest BCUT2D eigenvalue weighted by Gasteiger charge is 2.30. The fourth-order valence-electron chi connectivity index (χ4n) is 2.60. The third-order valence-corrected chi connectivity index (χ3v) is 5.45. The van der Waals surface area contributed by atoms with Crippen molar-refractivity contribution in [3.8, 4) is 0 Å². The number of carbonyl (C=O) groups excluding carboxylic acids is 1. The first kappa shape index (κ1) is 16.2. The van der Waals surface area contributed by atoms with Crippen molar-refractivity contribution in [1.29, 1.82) is 0 Å². The van der Waals surface area contributed by atoms with Gasteiger partial charge in [-0.25, -0.2) is 0 Å². The molecule has 1 aliphatic rings. The highest BCUT2D eigenvalue weighted by molar-refractivity contribution is 8.00. The Morgan fingerprint density at radius 2 is 2.24 bits per heavy atom. The molecule has 1 aliphatic heterocycles. The van der Waals surface area contributed by atoms with Gasteiger partial charge in [-0.05, 0) is 56.6 Å². The van der Waals surface area contributed by atoms with E-state index in [4.69, 9.17) is 0 Å². The number of amides is 1. The highest BCUT2D eigenvalue weighted by atomic mass is 32.2. The quantitative estimate of drug-likeness (QED) is 0.839. The summed E-state index contributed by atoms with van der Waals surface area (Å²) in [4.78, 5) is 12.5. The Labute approximate surface area is 132 Å². The van der Waals surface area contributed by atoms with Gasteiger partial charge >= 0.3 is 0 Å². The zero-order chi connectivity index (χ0) is 15.3. The predicted octanol–water partition coefficient (Wildman–Crippen LogP) is 3.83. The van der Waals surface area contributed by atoms with Crippen LogP contribution >= 0.6 is 11.8 Å². The molecule has 1 heterocycles. The van der Waals surface area contributed by atoms with E-state index in [0.717, 1.165) is 30.8 Å². The maximum Gasteiger partial charge on any atom is 0.253 e. The molecule has 0 bridgehead atoms. The minimum atomic E-state index is 0.0299. The van der Waals surface area contributed by atoms with E-state index >= 15 is 0 Å². The van der Waals surface area contributed by atoms with Crippen LogP contribution in [0.3, 0.4) is 0 Å². The Bertz CT molecular complexity index is 496. The molecule has 4 heteroatoms. The van der Waals surface area contributed by atoms with Crippen LogP contribution in [0, 0.1) is 6.92 Å². The lowest BCUT2D eigenvalue weighted by Crippen LogP contribution is -2.37. The summed E-state index contributed by atoms with van der Waals surface area (Å²) < 4.78 is 0.206. The molecule has 1 atom stereocenters. The van der Waals surface area contributed by atoms with Crippen molar-refractivity contribution >= 4 is 23.4 Å². The molecule has 1 aromatic rings. The predicted molar refractivity (Wildman–Crippen MR) is 92.4 cm³/mol. The largest absolute Gasteiger partial charge is 0.384 e. The van der Waals surface area contributed by atoms with Gasteiger partial charge in [-0.3, -0.25) is 4.79 Å². The normalized spacial score (nSPS) is 21.3. The molecule has 0 spiro atoms. The van der Waals surface area contributed by atoms with Crippen molar-refractivity contribution < 1.29 is 4.79 Å². The molecule has 0 aromatic heterocycles. The molecule has 1 unspecified atom stereocenters. The van der Waals surface area contributed by atoms with Gasteiger partial charge in [0.25, 0.3) is 5.91 Å². The molecule has 0 radical (unpaired) electrons. The molecule has 0 aliphatic carbocycles. The average molecular weight is 306 g/mol. The van der Waals surface area contributed by atoms with Gasteiger partial charge in [0.15, 0.2) is 0 Å². The van der Waals surface area contributed by atoms with E-state index in [9.17, 15) is 4.79 Å². The average Bonchev–Trinajstić information content (AvgIpc) is 2.90. The Hall–Kier alpha value is -1.16. The number of aryl methyl sites for hydroxylation is 1. The molecule has 2 rings (SSSR count). The third-order valence-electron chi connectivity index (χ3n) is 3.91. The first-order valence-electron chi connectivity index (χ1n) is 7.81. The van der Waals surface area contributed by atoms with E-state index in [1.54, 1.807) is 0 Å². The summed E-state index contributed by atoms with van der Waals surface area (Å²) in [5.74, 6) is 1.24. The van der Waals surface area contributed by atoms with Crippen LogP contribution < -0.4 is 10.6 Å². The summed E-state index contributed by atoms with van der Waals surface area (Å²) >= 11 is 1.97. The van der Waals surface area contributed by atoms with Gasteiger partial charge in [0, 0.05) is 23.5 Å². The molecule has 3 nitrogen and oxygen atoms in total. The van der Waals surface area contributed by atoms with Crippen molar-refractivity contribution in [2.75, 3.05) is 24.2 Å². The van der Waals surface area contributed by atoms with Gasteiger partial charge in [0.1, 0.15) is 0 Å². The maximum atomic E-state index is 12.5. The topological polar surface area (TPSA) is 41.1 Å². The van der Waals surface area contributed by atoms with E-state index in [0.29, 0.717) is 0 Å². The van der Waals surface area contributed by atoms with Crippen molar-refractivity contribution in [1.82, 2.24) is 5.32 Å². The Balaban J connectivity index is 2.03. The standard InChI is InChI=1S/C17H26N2OS/c1-4-9-18-15-11-13(2)6-7-14(15)16(20)19-12-17(3)8-5-10-21-17/h6-7,11,18H,4-5,8-10,12H2,1-3H3,(H,19,20). The Morgan fingerprint density at radius 1 is 1.43 bits per heavy atom. The Morgan fingerprint density at radius 3 is 2.90 bits per heavy atom. The highest BCUT2D eigenvalue weighted by Crippen LogP contribution is 2.37. The van der Waals surface area contributed by atoms with E-state index in [-0.39, 0.29) is 10.7 Å². The number of thioether (sulfide) groups is 1. The fourth-order valence-corrected chi connectivity index (χ4v) is 3.85. The van der Waals surface area contributed by atoms with E-state index in [1.165, 1.54) is 24.2 Å². The second kappa shape index (κ2) is 7.21. The maximum absolute atomic E-state index is 12.5. The number of rotatable bonds is 6. The van der Waals surface area contributed by atoms with Gasteiger partial charge in [-0.2, -0.15) is 11.8 Å². The molecule has 1 fully saturated rings. The second-order valence-electron chi connectivity index (χ2n) is 6.06. The molecule has 1 aromatic carbocycles. The summed E-state index contributed by atoms with van der Waals surface area (Å²) in [6, 6.07) is 5.97. The molecule has 116 valence electrons. The van der Waals surface area contributed by atoms with Crippen molar-refractivity contribution in [3.05, 3.63) is 29.3 Å². The minimum Gasteiger partial charge on any atom is -0.384 e. The van der Waals surface area contributed by atoms with Crippen molar-refractivity contribution in [3.63, 3.8) is 0 Å². The van der Waals surface area contributed by atoms with E-state index in [2.05, 4.69) is 37.5 Å². The van der Waals surface area contributed by atoms with Crippen LogP contribution in [0.25, 0.3) is 0 Å². The zero-order valence-electron chi connectivity index (χ0n) is 13.3. The van der Waals surface area contributed by atoms with Crippen LogP contribution in [0.5, 0.6) is 0 Å². The second-order valence-corrected chi connectivity index (χ2v) is 7.74. The fraction of sp³-hybridized carbons (Fsp3) is 0.588. The summed E-state index contributed by atoms with van der Waals surface area (Å²) in [6.07, 6.45) is 3.49. The smallest absolute Gasteiger partial charge is 0.253 e. The molecule has 1 amide bonds. The van der Waals surface area contributed by atoms with Crippen LogP contribution in [-0.4, -0.2) is 29.5 Å². The molecule has 0 saturated carbocycles. The minimum absolute atomic E-state index is 0.0299. The van der Waals surface area contributed by atoms with Gasteiger partial charge in [-0.1, -0.05) is 13.0 Å². The molecule has 21 heavy (non-hydrogen) atoms. The summed E-state index contributed by atoms with van der Waals surface area (Å²) in [6.45, 7) is 8.06. The SMILES string of the molecule is CCCNc1cc(C)ccc1C(=O)NCC1(C)CCCS1. The number of anilines is 1. The lowest BCUT2D eigenvalue weighted by atomic mass is 10.0. The van der Waals surface area contributed by atoms with Gasteiger partial charge in [-0.15, -0.1) is 0 Å². The monoisotopic (exact) mass is 306 g/mol. The molecule has 1 saturated heterocycles. The lowest BCUT2D eigenvalue weighted by molar-refractivity contribution is 0.0950. The number of benzene rings is 1. The van der Waals surface area contributed by atoms with Gasteiger partial charge < -0.3 is 10.6 Å². The van der Waals surface area contributed by atoms with Crippen molar-refractivity contribution in [2.24, 2.45) is 0 Å². The van der Waals surface area contributed by atoms with Crippen LogP contribution in [0.4, 0.5) is 5.69 Å². The third kappa shape index (κ3) is 4.40. The molecule has 2 N–H and O–H groups in total. The first-order valence-corrected chi connectivity index (χ1v) is 8.79.